The molecule has 1 aliphatic heterocycles. The fourth-order valence-electron chi connectivity index (χ4n) is 3.34. The summed E-state index contributed by atoms with van der Waals surface area (Å²) in [5, 5.41) is 5.45. The quantitative estimate of drug-likeness (QED) is 0.712. The van der Waals surface area contributed by atoms with Gasteiger partial charge in [-0.15, -0.1) is 0 Å². The molecule has 26 heavy (non-hydrogen) atoms. The van der Waals surface area contributed by atoms with Gasteiger partial charge in [0.15, 0.2) is 5.17 Å². The average Bonchev–Trinajstić information content (AvgIpc) is 3.13. The largest absolute Gasteiger partial charge is 0.356 e. The normalized spacial score (nSPS) is 21.9. The van der Waals surface area contributed by atoms with E-state index in [2.05, 4.69) is 59.9 Å². The van der Waals surface area contributed by atoms with Gasteiger partial charge in [0.05, 0.1) is 6.04 Å². The number of hydrogen-bond acceptors (Lipinski definition) is 3. The lowest BCUT2D eigenvalue weighted by Gasteiger charge is -2.22. The minimum atomic E-state index is 0.110. The van der Waals surface area contributed by atoms with Crippen molar-refractivity contribution in [2.75, 3.05) is 0 Å². The Morgan fingerprint density at radius 2 is 1.85 bits per heavy atom. The Balaban J connectivity index is 1.55. The number of amidine groups is 1. The molecular formula is C22H21ClN2S. The molecule has 0 radical (unpaired) electrons. The Kier molecular flexibility index (Phi) is 5.47. The Labute approximate surface area is 164 Å². The predicted molar refractivity (Wildman–Crippen MR) is 113 cm³/mol. The molecule has 2 nitrogen and oxygen atoms in total. The number of aliphatic imine (C=N–C) groups is 1. The average molecular weight is 381 g/mol. The van der Waals surface area contributed by atoms with Crippen LogP contribution in [0, 0.1) is 0 Å². The highest BCUT2D eigenvalue weighted by atomic mass is 35.5. The summed E-state index contributed by atoms with van der Waals surface area (Å²) >= 11 is 8.01. The van der Waals surface area contributed by atoms with E-state index in [1.54, 1.807) is 11.8 Å². The summed E-state index contributed by atoms with van der Waals surface area (Å²) < 4.78 is 0. The molecule has 0 amide bonds. The number of nitrogens with one attached hydrogen (secondary N) is 1. The molecule has 0 unspecified atom stereocenters. The standard InChI is InChI=1S/C22H21ClN2S/c23-19-14-8-7-13-18(19)15-26-22-24-20(16-9-3-1-4-10-16)21(25-22)17-11-5-2-6-12-17/h1,3-5,7-14,20-21H,2,6,15H2,(H,24,25)/t20-,21+/m1/s1. The van der Waals surface area contributed by atoms with Gasteiger partial charge in [-0.1, -0.05) is 90.1 Å². The summed E-state index contributed by atoms with van der Waals surface area (Å²) in [6, 6.07) is 18.9. The summed E-state index contributed by atoms with van der Waals surface area (Å²) in [5.41, 5.74) is 3.72. The summed E-state index contributed by atoms with van der Waals surface area (Å²) in [7, 11) is 0. The molecule has 4 rings (SSSR count). The van der Waals surface area contributed by atoms with Crippen LogP contribution in [0.15, 0.2) is 83.4 Å². The van der Waals surface area contributed by atoms with Crippen LogP contribution < -0.4 is 5.32 Å². The van der Waals surface area contributed by atoms with Crippen LogP contribution in [-0.4, -0.2) is 11.2 Å². The minimum absolute atomic E-state index is 0.110. The molecule has 2 atom stereocenters. The number of rotatable bonds is 4. The van der Waals surface area contributed by atoms with Crippen molar-refractivity contribution in [2.45, 2.75) is 30.7 Å². The van der Waals surface area contributed by atoms with Crippen molar-refractivity contribution >= 4 is 28.5 Å². The van der Waals surface area contributed by atoms with Crippen LogP contribution in [0.4, 0.5) is 0 Å². The SMILES string of the molecule is Clc1ccccc1CSC1=N[C@H](c2ccccc2)[C@H](C2=CCCC=C2)N1. The second kappa shape index (κ2) is 8.15. The maximum absolute atomic E-state index is 6.29. The van der Waals surface area contributed by atoms with Crippen molar-refractivity contribution in [1.82, 2.24) is 5.32 Å². The second-order valence-electron chi connectivity index (χ2n) is 6.48. The molecule has 1 heterocycles. The number of halogens is 1. The van der Waals surface area contributed by atoms with Crippen molar-refractivity contribution in [1.29, 1.82) is 0 Å². The molecule has 1 N–H and O–H groups in total. The first-order chi connectivity index (χ1) is 12.8. The van der Waals surface area contributed by atoms with E-state index < -0.39 is 0 Å². The zero-order valence-corrected chi connectivity index (χ0v) is 16.0. The first-order valence-electron chi connectivity index (χ1n) is 8.93. The van der Waals surface area contributed by atoms with Gasteiger partial charge in [0.1, 0.15) is 6.04 Å². The Hall–Kier alpha value is -1.97. The zero-order chi connectivity index (χ0) is 17.8. The van der Waals surface area contributed by atoms with Crippen LogP contribution >= 0.6 is 23.4 Å². The lowest BCUT2D eigenvalue weighted by atomic mass is 9.92. The summed E-state index contributed by atoms with van der Waals surface area (Å²) in [6.45, 7) is 0. The number of allylic oxidation sites excluding steroid dienone is 2. The monoisotopic (exact) mass is 380 g/mol. The van der Waals surface area contributed by atoms with Gasteiger partial charge in [0.2, 0.25) is 0 Å². The third-order valence-corrected chi connectivity index (χ3v) is 6.02. The summed E-state index contributed by atoms with van der Waals surface area (Å²) in [5.74, 6) is 0.814. The van der Waals surface area contributed by atoms with Gasteiger partial charge in [-0.05, 0) is 35.6 Å². The maximum atomic E-state index is 6.29. The molecule has 4 heteroatoms. The van der Waals surface area contributed by atoms with E-state index in [-0.39, 0.29) is 12.1 Å². The van der Waals surface area contributed by atoms with E-state index in [9.17, 15) is 0 Å². The Morgan fingerprint density at radius 3 is 2.62 bits per heavy atom. The van der Waals surface area contributed by atoms with E-state index in [0.29, 0.717) is 0 Å². The fourth-order valence-corrected chi connectivity index (χ4v) is 4.56. The van der Waals surface area contributed by atoms with Crippen molar-refractivity contribution in [3.63, 3.8) is 0 Å². The van der Waals surface area contributed by atoms with Gasteiger partial charge < -0.3 is 5.32 Å². The van der Waals surface area contributed by atoms with Crippen LogP contribution in [-0.2, 0) is 5.75 Å². The van der Waals surface area contributed by atoms with Gasteiger partial charge in [-0.2, -0.15) is 0 Å². The smallest absolute Gasteiger partial charge is 0.158 e. The third-order valence-electron chi connectivity index (χ3n) is 4.70. The molecule has 2 aliphatic rings. The molecule has 0 saturated carbocycles. The van der Waals surface area contributed by atoms with Crippen molar-refractivity contribution in [3.8, 4) is 0 Å². The van der Waals surface area contributed by atoms with Gasteiger partial charge in [0, 0.05) is 10.8 Å². The number of nitrogens with zero attached hydrogens (tertiary/aromatic N) is 1. The topological polar surface area (TPSA) is 24.4 Å². The second-order valence-corrected chi connectivity index (χ2v) is 7.85. The predicted octanol–water partition coefficient (Wildman–Crippen LogP) is 5.92. The Morgan fingerprint density at radius 1 is 1.04 bits per heavy atom. The van der Waals surface area contributed by atoms with E-state index in [0.717, 1.165) is 34.3 Å². The molecule has 0 aromatic heterocycles. The summed E-state index contributed by atoms with van der Waals surface area (Å²) in [6.07, 6.45) is 9.07. The fraction of sp³-hybridized carbons (Fsp3) is 0.227. The molecule has 2 aromatic rings. The number of hydrogen-bond donors (Lipinski definition) is 1. The molecule has 1 aliphatic carbocycles. The van der Waals surface area contributed by atoms with E-state index >= 15 is 0 Å². The van der Waals surface area contributed by atoms with E-state index in [1.807, 2.05) is 18.2 Å². The molecule has 2 aromatic carbocycles. The highest BCUT2D eigenvalue weighted by Gasteiger charge is 2.32. The van der Waals surface area contributed by atoms with Crippen LogP contribution in [0.5, 0.6) is 0 Å². The van der Waals surface area contributed by atoms with Crippen LogP contribution in [0.25, 0.3) is 0 Å². The molecule has 0 spiro atoms. The first kappa shape index (κ1) is 17.4. The van der Waals surface area contributed by atoms with Gasteiger partial charge in [0.25, 0.3) is 0 Å². The summed E-state index contributed by atoms with van der Waals surface area (Å²) in [4.78, 5) is 5.01. The first-order valence-corrected chi connectivity index (χ1v) is 10.3. The molecular weight excluding hydrogens is 360 g/mol. The van der Waals surface area contributed by atoms with Crippen molar-refractivity contribution < 1.29 is 0 Å². The van der Waals surface area contributed by atoms with Crippen molar-refractivity contribution in [3.05, 3.63) is 94.5 Å². The van der Waals surface area contributed by atoms with Crippen LogP contribution in [0.1, 0.15) is 30.0 Å². The number of benzene rings is 2. The zero-order valence-electron chi connectivity index (χ0n) is 14.4. The van der Waals surface area contributed by atoms with Crippen LogP contribution in [0.2, 0.25) is 5.02 Å². The lowest BCUT2D eigenvalue weighted by Crippen LogP contribution is -2.32. The van der Waals surface area contributed by atoms with Crippen LogP contribution in [0.3, 0.4) is 0 Å². The van der Waals surface area contributed by atoms with Gasteiger partial charge >= 0.3 is 0 Å². The lowest BCUT2D eigenvalue weighted by molar-refractivity contribution is 0.616. The highest BCUT2D eigenvalue weighted by Crippen LogP contribution is 2.34. The third kappa shape index (κ3) is 3.89. The van der Waals surface area contributed by atoms with Crippen molar-refractivity contribution in [2.24, 2.45) is 4.99 Å². The van der Waals surface area contributed by atoms with E-state index in [1.165, 1.54) is 11.1 Å². The molecule has 0 bridgehead atoms. The molecule has 132 valence electrons. The van der Waals surface area contributed by atoms with Gasteiger partial charge in [-0.3, -0.25) is 4.99 Å². The maximum Gasteiger partial charge on any atom is 0.158 e. The van der Waals surface area contributed by atoms with Gasteiger partial charge in [-0.25, -0.2) is 0 Å². The molecule has 0 saturated heterocycles. The number of thioether (sulfide) groups is 1. The minimum Gasteiger partial charge on any atom is -0.356 e. The molecule has 0 fully saturated rings. The van der Waals surface area contributed by atoms with E-state index in [4.69, 9.17) is 16.6 Å². The highest BCUT2D eigenvalue weighted by molar-refractivity contribution is 8.13. The Bertz CT molecular complexity index is 857.